The van der Waals surface area contributed by atoms with Gasteiger partial charge < -0.3 is 20.3 Å². The first-order chi connectivity index (χ1) is 26.0. The summed E-state index contributed by atoms with van der Waals surface area (Å²) in [5, 5.41) is 24.1. The Morgan fingerprint density at radius 2 is 1.48 bits per heavy atom. The second-order valence-electron chi connectivity index (χ2n) is 22.1. The number of carbonyl (C=O) groups is 3. The van der Waals surface area contributed by atoms with Gasteiger partial charge in [-0.1, -0.05) is 68.7 Å². The number of carboxylic acid groups (broad SMARTS) is 2. The number of aliphatic carboxylic acids is 2. The van der Waals surface area contributed by atoms with E-state index in [1.54, 1.807) is 0 Å². The van der Waals surface area contributed by atoms with Crippen molar-refractivity contribution in [3.05, 3.63) is 0 Å². The minimum Gasteiger partial charge on any atom is -0.481 e. The fourth-order valence-corrected chi connectivity index (χ4v) is 17.0. The predicted octanol–water partition coefficient (Wildman–Crippen LogP) is 7.30. The molecule has 11 heteroatoms. The molecule has 7 rings (SSSR count). The van der Waals surface area contributed by atoms with Gasteiger partial charge in [-0.3, -0.25) is 19.3 Å². The number of ether oxygens (including phenoxy) is 1. The average Bonchev–Trinajstić information content (AvgIpc) is 3.49. The zero-order valence-corrected chi connectivity index (χ0v) is 36.8. The number of rotatable bonds is 10. The summed E-state index contributed by atoms with van der Waals surface area (Å²) in [6.07, 6.45) is 12.3. The van der Waals surface area contributed by atoms with E-state index < -0.39 is 39.2 Å². The summed E-state index contributed by atoms with van der Waals surface area (Å²) in [6, 6.07) is -0.736. The van der Waals surface area contributed by atoms with Crippen LogP contribution in [0.5, 0.6) is 0 Å². The van der Waals surface area contributed by atoms with Gasteiger partial charge in [0.2, 0.25) is 0 Å². The molecule has 0 bridgehead atoms. The van der Waals surface area contributed by atoms with Crippen LogP contribution in [0.1, 0.15) is 139 Å². The summed E-state index contributed by atoms with van der Waals surface area (Å²) in [7, 11) is -3.11. The molecule has 6 saturated carbocycles. The van der Waals surface area contributed by atoms with Gasteiger partial charge in [0.25, 0.3) is 0 Å². The second-order valence-corrected chi connectivity index (χ2v) is 24.5. The summed E-state index contributed by atoms with van der Waals surface area (Å²) >= 11 is 0. The number of fused-ring (bicyclic) bond motifs is 7. The molecule has 56 heavy (non-hydrogen) atoms. The van der Waals surface area contributed by atoms with E-state index in [9.17, 15) is 33.0 Å². The number of nitrogens with one attached hydrogen (secondary N) is 1. The van der Waals surface area contributed by atoms with Crippen LogP contribution in [-0.2, 0) is 29.0 Å². The van der Waals surface area contributed by atoms with Crippen molar-refractivity contribution in [1.29, 1.82) is 0 Å². The summed E-state index contributed by atoms with van der Waals surface area (Å²) < 4.78 is 30.8. The van der Waals surface area contributed by atoms with Crippen molar-refractivity contribution in [1.82, 2.24) is 10.2 Å². The largest absolute Gasteiger partial charge is 0.481 e. The lowest BCUT2D eigenvalue weighted by Crippen LogP contribution is -2.69. The lowest BCUT2D eigenvalue weighted by atomic mass is 9.32. The molecule has 318 valence electrons. The van der Waals surface area contributed by atoms with Crippen molar-refractivity contribution in [2.24, 2.45) is 74.4 Å². The van der Waals surface area contributed by atoms with Gasteiger partial charge in [-0.15, -0.1) is 0 Å². The van der Waals surface area contributed by atoms with Crippen molar-refractivity contribution in [2.45, 2.75) is 157 Å². The van der Waals surface area contributed by atoms with Crippen LogP contribution in [0, 0.1) is 74.4 Å². The van der Waals surface area contributed by atoms with E-state index in [0.29, 0.717) is 48.5 Å². The maximum Gasteiger partial charge on any atom is 0.322 e. The fourth-order valence-electron chi connectivity index (χ4n) is 15.8. The monoisotopic (exact) mass is 803 g/mol. The van der Waals surface area contributed by atoms with Crippen LogP contribution in [-0.4, -0.2) is 90.3 Å². The second kappa shape index (κ2) is 14.2. The first-order valence-corrected chi connectivity index (χ1v) is 24.2. The van der Waals surface area contributed by atoms with E-state index in [1.165, 1.54) is 19.3 Å². The van der Waals surface area contributed by atoms with E-state index in [2.05, 4.69) is 53.8 Å². The predicted molar refractivity (Wildman–Crippen MR) is 216 cm³/mol. The van der Waals surface area contributed by atoms with Crippen LogP contribution >= 0.6 is 0 Å². The van der Waals surface area contributed by atoms with Crippen molar-refractivity contribution in [3.8, 4) is 0 Å². The maximum atomic E-state index is 13.6. The van der Waals surface area contributed by atoms with E-state index in [-0.39, 0.29) is 69.8 Å². The zero-order chi connectivity index (χ0) is 41.0. The molecule has 0 spiro atoms. The summed E-state index contributed by atoms with van der Waals surface area (Å²) in [5.74, 6) is 0.420. The Morgan fingerprint density at radius 1 is 0.804 bits per heavy atom. The Bertz CT molecular complexity index is 1670. The smallest absolute Gasteiger partial charge is 0.322 e. The fraction of sp³-hybridized carbons (Fsp3) is 0.933. The third-order valence-corrected chi connectivity index (χ3v) is 21.3. The van der Waals surface area contributed by atoms with Gasteiger partial charge in [-0.25, -0.2) is 8.42 Å². The Hall–Kier alpha value is -1.72. The number of sulfone groups is 1. The highest BCUT2D eigenvalue weighted by molar-refractivity contribution is 7.91. The van der Waals surface area contributed by atoms with Gasteiger partial charge in [0.05, 0.1) is 23.3 Å². The molecule has 1 unspecified atom stereocenters. The van der Waals surface area contributed by atoms with Gasteiger partial charge in [0.15, 0.2) is 9.84 Å². The molecule has 0 radical (unpaired) electrons. The first kappa shape index (κ1) is 42.4. The molecule has 7 fully saturated rings. The minimum absolute atomic E-state index is 0.0252. The van der Waals surface area contributed by atoms with E-state index in [4.69, 9.17) is 4.74 Å². The molecule has 1 heterocycles. The third-order valence-electron chi connectivity index (χ3n) is 19.7. The minimum atomic E-state index is -3.11. The standard InChI is InChI=1S/C45H74N2O8S/c1-10-27(2)28-13-18-45(46-26-32(38(50)51)47-21-23-56(53,54)24-22-47)20-19-43(8)29(36(28)45)11-12-34-42(7)16-15-35(41(5,6)33(42)14-17-44(34,43)9)55-39(52)31-25-30(37(48)49)40(31,3)4/h27-36,46H,10-26H2,1-9H3,(H,48,49)(H,50,51)/t27?,28-,29+,30-,31+,32+,33-,34+,35-,36+,42-,43+,44+,45-/m0/s1. The molecular formula is C45H74N2O8S. The highest BCUT2D eigenvalue weighted by Gasteiger charge is 2.71. The highest BCUT2D eigenvalue weighted by Crippen LogP contribution is 2.76. The third kappa shape index (κ3) is 6.34. The topological polar surface area (TPSA) is 150 Å². The lowest BCUT2D eigenvalue weighted by molar-refractivity contribution is -0.249. The van der Waals surface area contributed by atoms with Gasteiger partial charge in [0, 0.05) is 30.6 Å². The maximum absolute atomic E-state index is 13.6. The number of nitrogens with zero attached hydrogens (tertiary/aromatic N) is 1. The van der Waals surface area contributed by atoms with Crippen LogP contribution in [0.15, 0.2) is 0 Å². The van der Waals surface area contributed by atoms with Crippen LogP contribution in [0.2, 0.25) is 0 Å². The van der Waals surface area contributed by atoms with Crippen LogP contribution in [0.25, 0.3) is 0 Å². The SMILES string of the molecule is CCC(C)[C@@H]1CC[C@]2(NC[C@H](C(=O)O)N3CCS(=O)(=O)CC3)CC[C@]3(C)[C@H](CC[C@@H]4[C@@]5(C)CC[C@H](OC(=O)[C@H]6C[C@@H](C(=O)O)C6(C)C)C(C)(C)[C@@H]5CC[C@]43C)[C@@H]12. The average molecular weight is 803 g/mol. The van der Waals surface area contributed by atoms with Crippen LogP contribution in [0.3, 0.4) is 0 Å². The van der Waals surface area contributed by atoms with Gasteiger partial charge in [-0.2, -0.15) is 0 Å². The van der Waals surface area contributed by atoms with Crippen molar-refractivity contribution >= 4 is 27.7 Å². The van der Waals surface area contributed by atoms with Crippen molar-refractivity contribution in [3.63, 3.8) is 0 Å². The van der Waals surface area contributed by atoms with Crippen LogP contribution < -0.4 is 5.32 Å². The molecule has 3 N–H and O–H groups in total. The molecule has 1 aliphatic heterocycles. The molecule has 0 aromatic heterocycles. The van der Waals surface area contributed by atoms with Crippen molar-refractivity contribution < 1.29 is 37.8 Å². The molecule has 0 amide bonds. The Labute approximate surface area is 337 Å². The molecular weight excluding hydrogens is 729 g/mol. The molecule has 0 aromatic rings. The first-order valence-electron chi connectivity index (χ1n) is 22.3. The number of hydrogen-bond donors (Lipinski definition) is 3. The van der Waals surface area contributed by atoms with E-state index >= 15 is 0 Å². The van der Waals surface area contributed by atoms with Crippen molar-refractivity contribution in [2.75, 3.05) is 31.1 Å². The molecule has 7 aliphatic rings. The summed E-state index contributed by atoms with van der Waals surface area (Å²) in [6.45, 7) is 22.0. The van der Waals surface area contributed by atoms with Crippen LogP contribution in [0.4, 0.5) is 0 Å². The summed E-state index contributed by atoms with van der Waals surface area (Å²) in [4.78, 5) is 40.0. The molecule has 6 aliphatic carbocycles. The quantitative estimate of drug-likeness (QED) is 0.192. The lowest BCUT2D eigenvalue weighted by Gasteiger charge is -2.73. The van der Waals surface area contributed by atoms with E-state index in [1.807, 2.05) is 18.7 Å². The number of hydrogen-bond acceptors (Lipinski definition) is 8. The highest BCUT2D eigenvalue weighted by atomic mass is 32.2. The molecule has 0 aromatic carbocycles. The Kier molecular flexibility index (Phi) is 10.8. The normalized spacial score (nSPS) is 46.1. The van der Waals surface area contributed by atoms with E-state index in [0.717, 1.165) is 51.4 Å². The molecule has 1 saturated heterocycles. The Morgan fingerprint density at radius 3 is 2.09 bits per heavy atom. The number of carbonyl (C=O) groups excluding carboxylic acids is 1. The van der Waals surface area contributed by atoms with Gasteiger partial charge in [-0.05, 0) is 128 Å². The van der Waals surface area contributed by atoms with Gasteiger partial charge >= 0.3 is 17.9 Å². The zero-order valence-electron chi connectivity index (χ0n) is 36.0. The molecule has 10 nitrogen and oxygen atoms in total. The molecule has 14 atom stereocenters. The number of esters is 1. The Balaban J connectivity index is 1.11. The number of carboxylic acids is 2. The van der Waals surface area contributed by atoms with Gasteiger partial charge in [0.1, 0.15) is 12.1 Å². The summed E-state index contributed by atoms with van der Waals surface area (Å²) in [5.41, 5.74) is -0.491.